The minimum Gasteiger partial charge on any atom is -0.619 e. The van der Waals surface area contributed by atoms with Crippen molar-refractivity contribution in [2.24, 2.45) is 11.0 Å². The van der Waals surface area contributed by atoms with Crippen molar-refractivity contribution in [1.82, 2.24) is 15.2 Å². The van der Waals surface area contributed by atoms with Gasteiger partial charge >= 0.3 is 0 Å². The zero-order valence-corrected chi connectivity index (χ0v) is 15.6. The van der Waals surface area contributed by atoms with Crippen LogP contribution in [0, 0.1) is 11.1 Å². The molecule has 2 aromatic rings. The fourth-order valence-electron chi connectivity index (χ4n) is 4.22. The molecule has 3 aliphatic rings. The molecule has 9 heteroatoms. The normalized spacial score (nSPS) is 29.7. The SMILES string of the molecule is CC(C)(C)c1nnc(C2=NN(c3c[n+]([O-])ccn3)C3C4CCC(CC23)O4)o1. The van der Waals surface area contributed by atoms with Gasteiger partial charge in [-0.2, -0.15) is 9.83 Å². The average Bonchev–Trinajstić information content (AvgIpc) is 3.32. The van der Waals surface area contributed by atoms with Crippen molar-refractivity contribution in [2.75, 3.05) is 5.01 Å². The number of hydrogen-bond acceptors (Lipinski definition) is 8. The van der Waals surface area contributed by atoms with Gasteiger partial charge in [-0.25, -0.2) is 9.99 Å². The maximum atomic E-state index is 11.8. The van der Waals surface area contributed by atoms with Crippen molar-refractivity contribution in [2.45, 2.75) is 63.7 Å². The standard InChI is InChI=1S/C18H22N6O3/c1-18(2,3)17-21-20-16(27-17)14-11-8-10-4-5-12(26-10)15(11)24(22-14)13-9-23(25)7-6-19-13/h6-7,9-12,15H,4-5,8H2,1-3H3. The van der Waals surface area contributed by atoms with Gasteiger partial charge in [0.15, 0.2) is 6.20 Å². The van der Waals surface area contributed by atoms with Gasteiger partial charge in [0.1, 0.15) is 5.71 Å². The summed E-state index contributed by atoms with van der Waals surface area (Å²) in [6, 6.07) is -0.0152. The van der Waals surface area contributed by atoms with E-state index in [9.17, 15) is 5.21 Å². The van der Waals surface area contributed by atoms with Crippen molar-refractivity contribution in [3.05, 3.63) is 35.6 Å². The Morgan fingerprint density at radius 2 is 2.11 bits per heavy atom. The molecule has 0 radical (unpaired) electrons. The zero-order chi connectivity index (χ0) is 18.8. The molecule has 142 valence electrons. The molecule has 2 aromatic heterocycles. The first kappa shape index (κ1) is 16.6. The summed E-state index contributed by atoms with van der Waals surface area (Å²) in [7, 11) is 0. The minimum atomic E-state index is -0.229. The molecule has 3 aliphatic heterocycles. The molecule has 2 bridgehead atoms. The van der Waals surface area contributed by atoms with E-state index in [0.29, 0.717) is 17.6 Å². The number of aromatic nitrogens is 4. The largest absolute Gasteiger partial charge is 0.619 e. The van der Waals surface area contributed by atoms with Gasteiger partial charge in [-0.15, -0.1) is 10.2 Å². The molecule has 0 amide bonds. The highest BCUT2D eigenvalue weighted by molar-refractivity contribution is 6.01. The van der Waals surface area contributed by atoms with Crippen LogP contribution in [-0.2, 0) is 10.2 Å². The molecule has 2 saturated heterocycles. The fourth-order valence-corrected chi connectivity index (χ4v) is 4.22. The van der Waals surface area contributed by atoms with E-state index in [0.717, 1.165) is 29.7 Å². The molecule has 9 nitrogen and oxygen atoms in total. The Balaban J connectivity index is 1.57. The van der Waals surface area contributed by atoms with Crippen molar-refractivity contribution in [3.63, 3.8) is 0 Å². The summed E-state index contributed by atoms with van der Waals surface area (Å²) in [5.74, 6) is 1.65. The molecule has 2 fully saturated rings. The summed E-state index contributed by atoms with van der Waals surface area (Å²) in [6.45, 7) is 6.10. The molecule has 0 aromatic carbocycles. The number of fused-ring (bicyclic) bond motifs is 4. The number of hydrogen-bond donors (Lipinski definition) is 0. The molecule has 5 rings (SSSR count). The third-order valence-electron chi connectivity index (χ3n) is 5.48. The Labute approximate surface area is 156 Å². The van der Waals surface area contributed by atoms with Gasteiger partial charge in [-0.1, -0.05) is 20.8 Å². The first-order valence-electron chi connectivity index (χ1n) is 9.32. The number of anilines is 1. The van der Waals surface area contributed by atoms with Crippen LogP contribution in [0.1, 0.15) is 51.8 Å². The van der Waals surface area contributed by atoms with Gasteiger partial charge in [0.25, 0.3) is 5.89 Å². The summed E-state index contributed by atoms with van der Waals surface area (Å²) in [4.78, 5) is 4.34. The summed E-state index contributed by atoms with van der Waals surface area (Å²) >= 11 is 0. The van der Waals surface area contributed by atoms with E-state index in [2.05, 4.69) is 15.2 Å². The lowest BCUT2D eigenvalue weighted by Gasteiger charge is -2.35. The molecule has 4 unspecified atom stereocenters. The fraction of sp³-hybridized carbons (Fsp3) is 0.611. The van der Waals surface area contributed by atoms with Gasteiger partial charge in [0, 0.05) is 11.3 Å². The molecular formula is C18H22N6O3. The molecule has 0 spiro atoms. The maximum absolute atomic E-state index is 11.8. The average molecular weight is 370 g/mol. The van der Waals surface area contributed by atoms with Crippen LogP contribution in [0.15, 0.2) is 28.1 Å². The van der Waals surface area contributed by atoms with E-state index in [1.54, 1.807) is 0 Å². The highest BCUT2D eigenvalue weighted by Gasteiger charge is 2.53. The third kappa shape index (κ3) is 2.68. The Morgan fingerprint density at radius 1 is 1.26 bits per heavy atom. The third-order valence-corrected chi connectivity index (χ3v) is 5.48. The van der Waals surface area contributed by atoms with E-state index in [1.807, 2.05) is 25.8 Å². The second-order valence-electron chi connectivity index (χ2n) is 8.47. The molecule has 5 heterocycles. The Bertz CT molecular complexity index is 904. The van der Waals surface area contributed by atoms with E-state index in [-0.39, 0.29) is 29.6 Å². The first-order valence-corrected chi connectivity index (χ1v) is 9.32. The van der Waals surface area contributed by atoms with Crippen molar-refractivity contribution < 1.29 is 13.9 Å². The van der Waals surface area contributed by atoms with Gasteiger partial charge in [-0.3, -0.25) is 0 Å². The van der Waals surface area contributed by atoms with E-state index in [1.165, 1.54) is 18.6 Å². The summed E-state index contributed by atoms with van der Waals surface area (Å²) < 4.78 is 12.8. The van der Waals surface area contributed by atoms with E-state index in [4.69, 9.17) is 14.3 Å². The first-order chi connectivity index (χ1) is 12.9. The number of hydrazone groups is 1. The second-order valence-corrected chi connectivity index (χ2v) is 8.47. The van der Waals surface area contributed by atoms with E-state index < -0.39 is 0 Å². The lowest BCUT2D eigenvalue weighted by Crippen LogP contribution is -2.48. The van der Waals surface area contributed by atoms with Crippen molar-refractivity contribution in [1.29, 1.82) is 0 Å². The van der Waals surface area contributed by atoms with Crippen LogP contribution >= 0.6 is 0 Å². The van der Waals surface area contributed by atoms with Crippen LogP contribution in [-0.4, -0.2) is 39.1 Å². The Kier molecular flexibility index (Phi) is 3.52. The summed E-state index contributed by atoms with van der Waals surface area (Å²) in [6.07, 6.45) is 7.44. The lowest BCUT2D eigenvalue weighted by atomic mass is 9.87. The molecule has 0 N–H and O–H groups in total. The smallest absolute Gasteiger partial charge is 0.264 e. The summed E-state index contributed by atoms with van der Waals surface area (Å²) in [5, 5.41) is 26.8. The molecule has 27 heavy (non-hydrogen) atoms. The topological polar surface area (TPSA) is 104 Å². The van der Waals surface area contributed by atoms with Crippen LogP contribution in [0.2, 0.25) is 0 Å². The van der Waals surface area contributed by atoms with Crippen LogP contribution in [0.25, 0.3) is 0 Å². The predicted molar refractivity (Wildman–Crippen MR) is 95.0 cm³/mol. The number of nitrogens with zero attached hydrogens (tertiary/aromatic N) is 6. The van der Waals surface area contributed by atoms with Gasteiger partial charge in [0.2, 0.25) is 17.9 Å². The monoisotopic (exact) mass is 370 g/mol. The number of rotatable bonds is 2. The molecule has 4 atom stereocenters. The zero-order valence-electron chi connectivity index (χ0n) is 15.6. The Hall–Kier alpha value is -2.55. The quantitative estimate of drug-likeness (QED) is 0.583. The number of ether oxygens (including phenoxy) is 1. The van der Waals surface area contributed by atoms with Crippen LogP contribution in [0.5, 0.6) is 0 Å². The van der Waals surface area contributed by atoms with Crippen LogP contribution < -0.4 is 9.74 Å². The maximum Gasteiger partial charge on any atom is 0.264 e. The molecule has 0 saturated carbocycles. The molecule has 0 aliphatic carbocycles. The highest BCUT2D eigenvalue weighted by Crippen LogP contribution is 2.44. The summed E-state index contributed by atoms with van der Waals surface area (Å²) in [5.41, 5.74) is 0.541. The van der Waals surface area contributed by atoms with E-state index >= 15 is 0 Å². The second kappa shape index (κ2) is 5.72. The molecular weight excluding hydrogens is 348 g/mol. The van der Waals surface area contributed by atoms with Crippen molar-refractivity contribution >= 4 is 11.5 Å². The van der Waals surface area contributed by atoms with Crippen LogP contribution in [0.4, 0.5) is 5.82 Å². The lowest BCUT2D eigenvalue weighted by molar-refractivity contribution is -0.605. The predicted octanol–water partition coefficient (Wildman–Crippen LogP) is 1.56. The van der Waals surface area contributed by atoms with Gasteiger partial charge in [0.05, 0.1) is 24.4 Å². The highest BCUT2D eigenvalue weighted by atomic mass is 16.5. The van der Waals surface area contributed by atoms with Gasteiger partial charge in [-0.05, 0) is 19.3 Å². The van der Waals surface area contributed by atoms with Gasteiger partial charge < -0.3 is 14.4 Å². The van der Waals surface area contributed by atoms with Crippen LogP contribution in [0.3, 0.4) is 0 Å². The van der Waals surface area contributed by atoms with Crippen molar-refractivity contribution in [3.8, 4) is 0 Å². The minimum absolute atomic E-state index is 0.0152. The Morgan fingerprint density at radius 3 is 2.85 bits per heavy atom.